The van der Waals surface area contributed by atoms with Gasteiger partial charge in [0.1, 0.15) is 12.4 Å². The van der Waals surface area contributed by atoms with E-state index in [1.165, 1.54) is 4.90 Å². The third-order valence-electron chi connectivity index (χ3n) is 3.29. The second kappa shape index (κ2) is 6.56. The Morgan fingerprint density at radius 1 is 1.33 bits per heavy atom. The van der Waals surface area contributed by atoms with Gasteiger partial charge in [-0.15, -0.1) is 0 Å². The molecule has 0 saturated heterocycles. The summed E-state index contributed by atoms with van der Waals surface area (Å²) in [6.45, 7) is 2.37. The van der Waals surface area contributed by atoms with Crippen LogP contribution >= 0.6 is 0 Å². The number of anilines is 1. The Morgan fingerprint density at radius 2 is 2.05 bits per heavy atom. The molecule has 0 aromatic carbocycles. The number of amides is 1. The number of nitrogens with zero attached hydrogens (tertiary/aromatic N) is 3. The van der Waals surface area contributed by atoms with Crippen LogP contribution in [-0.4, -0.2) is 55.0 Å². The number of carbonyl (C=O) groups excluding carboxylic acids is 2. The summed E-state index contributed by atoms with van der Waals surface area (Å²) in [4.78, 5) is 31.3. The second-order valence-electron chi connectivity index (χ2n) is 5.27. The van der Waals surface area contributed by atoms with Gasteiger partial charge in [-0.05, 0) is 31.9 Å². The number of ether oxygens (including phenoxy) is 1. The van der Waals surface area contributed by atoms with Gasteiger partial charge in [-0.1, -0.05) is 0 Å². The van der Waals surface area contributed by atoms with Gasteiger partial charge in [-0.2, -0.15) is 0 Å². The van der Waals surface area contributed by atoms with Gasteiger partial charge in [0.05, 0.1) is 12.2 Å². The van der Waals surface area contributed by atoms with E-state index in [2.05, 4.69) is 4.98 Å². The zero-order valence-corrected chi connectivity index (χ0v) is 12.7. The number of hydrogen-bond acceptors (Lipinski definition) is 5. The standard InChI is InChI=1S/C15H21N3O3/c1-4-21-14(19)10-18(12-6-7-12)13-8-5-11(9-16-13)15(20)17(2)3/h5,8-9,12H,4,6-7,10H2,1-3H3. The van der Waals surface area contributed by atoms with Gasteiger partial charge in [-0.3, -0.25) is 9.59 Å². The summed E-state index contributed by atoms with van der Waals surface area (Å²) in [5, 5.41) is 0. The Hall–Kier alpha value is -2.11. The molecule has 1 saturated carbocycles. The van der Waals surface area contributed by atoms with Crippen molar-refractivity contribution in [3.05, 3.63) is 23.9 Å². The Balaban J connectivity index is 2.10. The van der Waals surface area contributed by atoms with Crippen LogP contribution in [0.25, 0.3) is 0 Å². The third kappa shape index (κ3) is 3.93. The SMILES string of the molecule is CCOC(=O)CN(c1ccc(C(=O)N(C)C)cn1)C1CC1. The first kappa shape index (κ1) is 15.3. The van der Waals surface area contributed by atoms with E-state index in [9.17, 15) is 9.59 Å². The molecule has 1 aliphatic carbocycles. The molecule has 1 amide bonds. The molecular formula is C15H21N3O3. The molecule has 0 aliphatic heterocycles. The van der Waals surface area contributed by atoms with Crippen LogP contribution in [0, 0.1) is 0 Å². The van der Waals surface area contributed by atoms with Crippen LogP contribution < -0.4 is 4.90 Å². The van der Waals surface area contributed by atoms with Crippen molar-refractivity contribution in [2.24, 2.45) is 0 Å². The molecule has 0 radical (unpaired) electrons. The first-order chi connectivity index (χ1) is 10.0. The van der Waals surface area contributed by atoms with Crippen molar-refractivity contribution in [1.29, 1.82) is 0 Å². The topological polar surface area (TPSA) is 62.7 Å². The maximum Gasteiger partial charge on any atom is 0.325 e. The van der Waals surface area contributed by atoms with Gasteiger partial charge in [0.15, 0.2) is 0 Å². The molecule has 1 aromatic rings. The first-order valence-electron chi connectivity index (χ1n) is 7.13. The predicted octanol–water partition coefficient (Wildman–Crippen LogP) is 1.32. The average Bonchev–Trinajstić information content (AvgIpc) is 3.29. The minimum atomic E-state index is -0.250. The first-order valence-corrected chi connectivity index (χ1v) is 7.13. The van der Waals surface area contributed by atoms with Crippen molar-refractivity contribution >= 4 is 17.7 Å². The van der Waals surface area contributed by atoms with Crippen LogP contribution in [0.3, 0.4) is 0 Å². The van der Waals surface area contributed by atoms with Gasteiger partial charge >= 0.3 is 5.97 Å². The van der Waals surface area contributed by atoms with Gasteiger partial charge in [0, 0.05) is 26.3 Å². The number of rotatable bonds is 6. The molecule has 2 rings (SSSR count). The summed E-state index contributed by atoms with van der Waals surface area (Å²) in [6, 6.07) is 3.87. The van der Waals surface area contributed by atoms with Gasteiger partial charge in [0.2, 0.25) is 0 Å². The molecule has 1 aromatic heterocycles. The molecule has 21 heavy (non-hydrogen) atoms. The molecular weight excluding hydrogens is 270 g/mol. The summed E-state index contributed by atoms with van der Waals surface area (Å²) in [6.07, 6.45) is 3.66. The van der Waals surface area contributed by atoms with Gasteiger partial charge in [0.25, 0.3) is 5.91 Å². The molecule has 0 N–H and O–H groups in total. The van der Waals surface area contributed by atoms with E-state index in [1.807, 2.05) is 4.90 Å². The number of pyridine rings is 1. The van der Waals surface area contributed by atoms with Crippen LogP contribution in [0.1, 0.15) is 30.1 Å². The van der Waals surface area contributed by atoms with Crippen molar-refractivity contribution in [1.82, 2.24) is 9.88 Å². The van der Waals surface area contributed by atoms with E-state index in [0.717, 1.165) is 12.8 Å². The summed E-state index contributed by atoms with van der Waals surface area (Å²) < 4.78 is 5.00. The fraction of sp³-hybridized carbons (Fsp3) is 0.533. The Labute approximate surface area is 124 Å². The monoisotopic (exact) mass is 291 g/mol. The van der Waals surface area contributed by atoms with Crippen LogP contribution in [0.15, 0.2) is 18.3 Å². The predicted molar refractivity (Wildman–Crippen MR) is 79.3 cm³/mol. The lowest BCUT2D eigenvalue weighted by Crippen LogP contribution is -2.33. The number of hydrogen-bond donors (Lipinski definition) is 0. The number of aromatic nitrogens is 1. The normalized spacial score (nSPS) is 13.7. The van der Waals surface area contributed by atoms with Crippen molar-refractivity contribution in [2.45, 2.75) is 25.8 Å². The highest BCUT2D eigenvalue weighted by Gasteiger charge is 2.31. The summed E-state index contributed by atoms with van der Waals surface area (Å²) in [5.41, 5.74) is 0.538. The lowest BCUT2D eigenvalue weighted by Gasteiger charge is -2.22. The highest BCUT2D eigenvalue weighted by Crippen LogP contribution is 2.30. The molecule has 114 valence electrons. The fourth-order valence-electron chi connectivity index (χ4n) is 2.07. The van der Waals surface area contributed by atoms with Crippen LogP contribution in [0.5, 0.6) is 0 Å². The smallest absolute Gasteiger partial charge is 0.325 e. The quantitative estimate of drug-likeness (QED) is 0.740. The van der Waals surface area contributed by atoms with Crippen molar-refractivity contribution in [3.8, 4) is 0 Å². The van der Waals surface area contributed by atoms with E-state index in [1.54, 1.807) is 39.3 Å². The van der Waals surface area contributed by atoms with Crippen LogP contribution in [-0.2, 0) is 9.53 Å². The number of esters is 1. The minimum absolute atomic E-state index is 0.0857. The summed E-state index contributed by atoms with van der Waals surface area (Å²) in [5.74, 6) is 0.373. The summed E-state index contributed by atoms with van der Waals surface area (Å²) >= 11 is 0. The fourth-order valence-corrected chi connectivity index (χ4v) is 2.07. The highest BCUT2D eigenvalue weighted by molar-refractivity contribution is 5.93. The molecule has 0 atom stereocenters. The Morgan fingerprint density at radius 3 is 2.52 bits per heavy atom. The Bertz CT molecular complexity index is 509. The lowest BCUT2D eigenvalue weighted by atomic mass is 10.2. The molecule has 1 fully saturated rings. The highest BCUT2D eigenvalue weighted by atomic mass is 16.5. The number of carbonyl (C=O) groups is 2. The lowest BCUT2D eigenvalue weighted by molar-refractivity contribution is -0.141. The van der Waals surface area contributed by atoms with Crippen molar-refractivity contribution in [3.63, 3.8) is 0 Å². The maximum absolute atomic E-state index is 11.8. The minimum Gasteiger partial charge on any atom is -0.465 e. The molecule has 1 heterocycles. The Kier molecular flexibility index (Phi) is 4.77. The third-order valence-corrected chi connectivity index (χ3v) is 3.29. The van der Waals surface area contributed by atoms with Crippen LogP contribution in [0.2, 0.25) is 0 Å². The van der Waals surface area contributed by atoms with E-state index in [-0.39, 0.29) is 18.4 Å². The molecule has 6 heteroatoms. The zero-order valence-electron chi connectivity index (χ0n) is 12.7. The van der Waals surface area contributed by atoms with Crippen LogP contribution in [0.4, 0.5) is 5.82 Å². The van der Waals surface area contributed by atoms with Crippen molar-refractivity contribution < 1.29 is 14.3 Å². The molecule has 1 aliphatic rings. The average molecular weight is 291 g/mol. The van der Waals surface area contributed by atoms with E-state index >= 15 is 0 Å². The van der Waals surface area contributed by atoms with Crippen molar-refractivity contribution in [2.75, 3.05) is 32.1 Å². The molecule has 0 spiro atoms. The molecule has 0 bridgehead atoms. The largest absolute Gasteiger partial charge is 0.465 e. The van der Waals surface area contributed by atoms with E-state index < -0.39 is 0 Å². The van der Waals surface area contributed by atoms with Gasteiger partial charge < -0.3 is 14.5 Å². The zero-order chi connectivity index (χ0) is 15.4. The second-order valence-corrected chi connectivity index (χ2v) is 5.27. The molecule has 0 unspecified atom stereocenters. The maximum atomic E-state index is 11.8. The summed E-state index contributed by atoms with van der Waals surface area (Å²) in [7, 11) is 3.40. The van der Waals surface area contributed by atoms with Gasteiger partial charge in [-0.25, -0.2) is 4.98 Å². The van der Waals surface area contributed by atoms with E-state index in [4.69, 9.17) is 4.74 Å². The molecule has 6 nitrogen and oxygen atoms in total. The van der Waals surface area contributed by atoms with E-state index in [0.29, 0.717) is 24.0 Å².